The SMILES string of the molecule is Cl.c1nc2c(c(N3CCC3)n1)CCCC2. The minimum Gasteiger partial charge on any atom is -0.356 e. The molecule has 4 heteroatoms. The van der Waals surface area contributed by atoms with E-state index in [0.717, 1.165) is 6.42 Å². The number of aryl methyl sites for hydroxylation is 1. The predicted octanol–water partition coefficient (Wildman–Crippen LogP) is 1.99. The number of aromatic nitrogens is 2. The van der Waals surface area contributed by atoms with Crippen LogP contribution in [0.5, 0.6) is 0 Å². The summed E-state index contributed by atoms with van der Waals surface area (Å²) in [5, 5.41) is 0. The van der Waals surface area contributed by atoms with E-state index in [9.17, 15) is 0 Å². The molecule has 0 unspecified atom stereocenters. The average molecular weight is 226 g/mol. The molecule has 1 aliphatic carbocycles. The first kappa shape index (κ1) is 10.7. The van der Waals surface area contributed by atoms with E-state index in [2.05, 4.69) is 14.9 Å². The Bertz CT molecular complexity index is 350. The highest BCUT2D eigenvalue weighted by Crippen LogP contribution is 2.29. The molecule has 82 valence electrons. The van der Waals surface area contributed by atoms with Gasteiger partial charge in [0.05, 0.1) is 0 Å². The lowest BCUT2D eigenvalue weighted by Gasteiger charge is -2.34. The van der Waals surface area contributed by atoms with Crippen molar-refractivity contribution < 1.29 is 0 Å². The molecule has 0 spiro atoms. The second kappa shape index (κ2) is 4.35. The highest BCUT2D eigenvalue weighted by atomic mass is 35.5. The third-order valence-corrected chi connectivity index (χ3v) is 3.26. The van der Waals surface area contributed by atoms with E-state index in [1.54, 1.807) is 6.33 Å². The van der Waals surface area contributed by atoms with Crippen LogP contribution in [-0.4, -0.2) is 23.1 Å². The molecule has 1 saturated heterocycles. The molecule has 0 N–H and O–H groups in total. The van der Waals surface area contributed by atoms with Gasteiger partial charge in [-0.3, -0.25) is 0 Å². The van der Waals surface area contributed by atoms with E-state index in [1.807, 2.05) is 0 Å². The molecule has 3 nitrogen and oxygen atoms in total. The maximum absolute atomic E-state index is 4.43. The van der Waals surface area contributed by atoms with Crippen LogP contribution in [-0.2, 0) is 12.8 Å². The van der Waals surface area contributed by atoms with E-state index >= 15 is 0 Å². The summed E-state index contributed by atoms with van der Waals surface area (Å²) in [6.45, 7) is 2.37. The van der Waals surface area contributed by atoms with Gasteiger partial charge in [0.2, 0.25) is 0 Å². The molecule has 0 bridgehead atoms. The Morgan fingerprint density at radius 3 is 2.53 bits per heavy atom. The molecular formula is C11H16ClN3. The number of hydrogen-bond acceptors (Lipinski definition) is 3. The Morgan fingerprint density at radius 1 is 1.00 bits per heavy atom. The molecule has 2 aliphatic rings. The lowest BCUT2D eigenvalue weighted by molar-refractivity contribution is 0.591. The normalized spacial score (nSPS) is 18.8. The van der Waals surface area contributed by atoms with Crippen molar-refractivity contribution in [2.45, 2.75) is 32.1 Å². The van der Waals surface area contributed by atoms with Crippen LogP contribution in [0, 0.1) is 0 Å². The molecular weight excluding hydrogens is 210 g/mol. The molecule has 15 heavy (non-hydrogen) atoms. The number of hydrogen-bond donors (Lipinski definition) is 0. The Labute approximate surface area is 96.3 Å². The van der Waals surface area contributed by atoms with Crippen molar-refractivity contribution >= 4 is 18.2 Å². The molecule has 2 heterocycles. The molecule has 1 aromatic heterocycles. The molecule has 3 rings (SSSR count). The van der Waals surface area contributed by atoms with Crippen molar-refractivity contribution in [1.82, 2.24) is 9.97 Å². The zero-order valence-corrected chi connectivity index (χ0v) is 9.59. The van der Waals surface area contributed by atoms with Crippen molar-refractivity contribution in [1.29, 1.82) is 0 Å². The smallest absolute Gasteiger partial charge is 0.135 e. The van der Waals surface area contributed by atoms with Crippen molar-refractivity contribution in [2.24, 2.45) is 0 Å². The van der Waals surface area contributed by atoms with E-state index in [0.29, 0.717) is 0 Å². The summed E-state index contributed by atoms with van der Waals surface area (Å²) in [4.78, 5) is 11.2. The van der Waals surface area contributed by atoms with Crippen LogP contribution in [0.4, 0.5) is 5.82 Å². The van der Waals surface area contributed by atoms with Crippen LogP contribution in [0.3, 0.4) is 0 Å². The fraction of sp³-hybridized carbons (Fsp3) is 0.636. The monoisotopic (exact) mass is 225 g/mol. The number of rotatable bonds is 1. The molecule has 1 fully saturated rings. The van der Waals surface area contributed by atoms with E-state index in [-0.39, 0.29) is 12.4 Å². The van der Waals surface area contributed by atoms with E-state index < -0.39 is 0 Å². The Kier molecular flexibility index (Phi) is 3.10. The zero-order chi connectivity index (χ0) is 9.38. The van der Waals surface area contributed by atoms with Gasteiger partial charge < -0.3 is 4.90 Å². The first-order valence-electron chi connectivity index (χ1n) is 5.53. The van der Waals surface area contributed by atoms with Crippen LogP contribution in [0.25, 0.3) is 0 Å². The van der Waals surface area contributed by atoms with Crippen molar-refractivity contribution in [3.8, 4) is 0 Å². The van der Waals surface area contributed by atoms with Gasteiger partial charge in [0.1, 0.15) is 12.1 Å². The van der Waals surface area contributed by atoms with Gasteiger partial charge in [0.15, 0.2) is 0 Å². The molecule has 0 radical (unpaired) electrons. The highest BCUT2D eigenvalue weighted by molar-refractivity contribution is 5.85. The average Bonchev–Trinajstić information content (AvgIpc) is 2.16. The quantitative estimate of drug-likeness (QED) is 0.732. The lowest BCUT2D eigenvalue weighted by Crippen LogP contribution is -2.38. The highest BCUT2D eigenvalue weighted by Gasteiger charge is 2.22. The second-order valence-corrected chi connectivity index (χ2v) is 4.17. The molecule has 0 atom stereocenters. The van der Waals surface area contributed by atoms with E-state index in [1.165, 1.54) is 55.8 Å². The largest absolute Gasteiger partial charge is 0.356 e. The van der Waals surface area contributed by atoms with Crippen molar-refractivity contribution in [3.63, 3.8) is 0 Å². The standard InChI is InChI=1S/C11H15N3.ClH/c1-2-5-10-9(4-1)11(13-8-12-10)14-6-3-7-14;/h8H,1-7H2;1H. The van der Waals surface area contributed by atoms with Gasteiger partial charge in [-0.25, -0.2) is 9.97 Å². The van der Waals surface area contributed by atoms with Gasteiger partial charge in [-0.05, 0) is 32.1 Å². The Balaban J connectivity index is 0.000000853. The van der Waals surface area contributed by atoms with Gasteiger partial charge >= 0.3 is 0 Å². The molecule has 0 amide bonds. The summed E-state index contributed by atoms with van der Waals surface area (Å²) in [6, 6.07) is 0. The molecule has 0 saturated carbocycles. The minimum atomic E-state index is 0. The second-order valence-electron chi connectivity index (χ2n) is 4.17. The third-order valence-electron chi connectivity index (χ3n) is 3.26. The Hall–Kier alpha value is -0.830. The maximum Gasteiger partial charge on any atom is 0.135 e. The molecule has 1 aromatic rings. The number of halogens is 1. The van der Waals surface area contributed by atoms with Crippen LogP contribution < -0.4 is 4.90 Å². The summed E-state index contributed by atoms with van der Waals surface area (Å²) in [5.74, 6) is 1.22. The Morgan fingerprint density at radius 2 is 1.80 bits per heavy atom. The van der Waals surface area contributed by atoms with Gasteiger partial charge in [-0.2, -0.15) is 0 Å². The third kappa shape index (κ3) is 1.81. The van der Waals surface area contributed by atoms with Gasteiger partial charge in [-0.15, -0.1) is 12.4 Å². The fourth-order valence-electron chi connectivity index (χ4n) is 2.30. The van der Waals surface area contributed by atoms with Crippen LogP contribution in [0.2, 0.25) is 0 Å². The summed E-state index contributed by atoms with van der Waals surface area (Å²) >= 11 is 0. The predicted molar refractivity (Wildman–Crippen MR) is 62.8 cm³/mol. The topological polar surface area (TPSA) is 29.0 Å². The summed E-state index contributed by atoms with van der Waals surface area (Å²) in [7, 11) is 0. The van der Waals surface area contributed by atoms with Crippen molar-refractivity contribution in [3.05, 3.63) is 17.6 Å². The van der Waals surface area contributed by atoms with Crippen molar-refractivity contribution in [2.75, 3.05) is 18.0 Å². The number of anilines is 1. The minimum absolute atomic E-state index is 0. The first-order valence-corrected chi connectivity index (χ1v) is 5.53. The zero-order valence-electron chi connectivity index (χ0n) is 8.78. The number of nitrogens with zero attached hydrogens (tertiary/aromatic N) is 3. The van der Waals surface area contributed by atoms with Gasteiger partial charge in [-0.1, -0.05) is 0 Å². The van der Waals surface area contributed by atoms with Crippen LogP contribution >= 0.6 is 12.4 Å². The fourth-order valence-corrected chi connectivity index (χ4v) is 2.30. The summed E-state index contributed by atoms with van der Waals surface area (Å²) in [6.07, 6.45) is 7.99. The molecule has 1 aliphatic heterocycles. The molecule has 0 aromatic carbocycles. The number of fused-ring (bicyclic) bond motifs is 1. The lowest BCUT2D eigenvalue weighted by atomic mass is 9.95. The maximum atomic E-state index is 4.43. The van der Waals surface area contributed by atoms with E-state index in [4.69, 9.17) is 0 Å². The van der Waals surface area contributed by atoms with Crippen LogP contribution in [0.1, 0.15) is 30.5 Å². The van der Waals surface area contributed by atoms with Gasteiger partial charge in [0.25, 0.3) is 0 Å². The summed E-state index contributed by atoms with van der Waals surface area (Å²) in [5.41, 5.74) is 2.73. The first-order chi connectivity index (χ1) is 6.95. The summed E-state index contributed by atoms with van der Waals surface area (Å²) < 4.78 is 0. The van der Waals surface area contributed by atoms with Crippen LogP contribution in [0.15, 0.2) is 6.33 Å². The van der Waals surface area contributed by atoms with Gasteiger partial charge in [0, 0.05) is 24.3 Å².